The molecule has 118 valence electrons. The lowest BCUT2D eigenvalue weighted by Crippen LogP contribution is -2.16. The summed E-state index contributed by atoms with van der Waals surface area (Å²) in [5.41, 5.74) is 0.672. The number of hydrogen-bond acceptors (Lipinski definition) is 6. The first-order chi connectivity index (χ1) is 11.0. The highest BCUT2D eigenvalue weighted by Crippen LogP contribution is 2.29. The van der Waals surface area contributed by atoms with Crippen LogP contribution in [0.1, 0.15) is 18.0 Å². The molecule has 0 fully saturated rings. The number of rotatable bonds is 4. The molecule has 0 radical (unpaired) electrons. The number of benzene rings is 2. The topological polar surface area (TPSA) is 98.0 Å². The highest BCUT2D eigenvalue weighted by atomic mass is 32.2. The van der Waals surface area contributed by atoms with Crippen molar-refractivity contribution in [1.29, 1.82) is 0 Å². The second-order valence-electron chi connectivity index (χ2n) is 4.97. The van der Waals surface area contributed by atoms with Crippen molar-refractivity contribution in [3.05, 3.63) is 60.4 Å². The van der Waals surface area contributed by atoms with E-state index >= 15 is 0 Å². The van der Waals surface area contributed by atoms with E-state index in [9.17, 15) is 13.5 Å². The second-order valence-corrected chi connectivity index (χ2v) is 7.24. The maximum absolute atomic E-state index is 12.7. The molecule has 23 heavy (non-hydrogen) atoms. The summed E-state index contributed by atoms with van der Waals surface area (Å²) >= 11 is 0. The van der Waals surface area contributed by atoms with Crippen molar-refractivity contribution in [2.75, 3.05) is 0 Å². The third kappa shape index (κ3) is 2.80. The summed E-state index contributed by atoms with van der Waals surface area (Å²) in [6, 6.07) is 14.6. The van der Waals surface area contributed by atoms with Crippen molar-refractivity contribution in [1.82, 2.24) is 20.2 Å². The Hall–Kier alpha value is -2.74. The van der Waals surface area contributed by atoms with E-state index in [1.165, 1.54) is 35.9 Å². The molecule has 1 N–H and O–H groups in total. The van der Waals surface area contributed by atoms with Crippen LogP contribution >= 0.6 is 0 Å². The third-order valence-electron chi connectivity index (χ3n) is 3.47. The van der Waals surface area contributed by atoms with Gasteiger partial charge in [0.2, 0.25) is 0 Å². The molecule has 0 saturated carbocycles. The van der Waals surface area contributed by atoms with E-state index in [1.54, 1.807) is 12.1 Å². The number of tetrazole rings is 1. The van der Waals surface area contributed by atoms with Gasteiger partial charge in [0, 0.05) is 0 Å². The summed E-state index contributed by atoms with van der Waals surface area (Å²) in [4.78, 5) is 0.0209. The van der Waals surface area contributed by atoms with Crippen LogP contribution in [0.25, 0.3) is 5.69 Å². The molecular formula is C15H14N4O3S. The van der Waals surface area contributed by atoms with Crippen molar-refractivity contribution >= 4 is 9.84 Å². The predicted molar refractivity (Wildman–Crippen MR) is 82.9 cm³/mol. The number of phenols is 1. The molecule has 3 rings (SSSR count). The Balaban J connectivity index is 2.05. The van der Waals surface area contributed by atoms with E-state index in [0.717, 1.165) is 0 Å². The van der Waals surface area contributed by atoms with Crippen LogP contribution in [0, 0.1) is 0 Å². The standard InChI is InChI=1S/C15H14N4O3S/c1-11(23(21,22)14-9-5-8-13(20)10-14)15-16-17-18-19(15)12-6-3-2-4-7-12/h2-11,20H,1H3/t11-/m1/s1. The van der Waals surface area contributed by atoms with Crippen molar-refractivity contribution in [2.24, 2.45) is 0 Å². The monoisotopic (exact) mass is 330 g/mol. The SMILES string of the molecule is C[C@H](c1nnnn1-c1ccccc1)S(=O)(=O)c1cccc(O)c1. The van der Waals surface area contributed by atoms with Crippen LogP contribution in [0.5, 0.6) is 5.75 Å². The molecule has 7 nitrogen and oxygen atoms in total. The van der Waals surface area contributed by atoms with Gasteiger partial charge in [-0.25, -0.2) is 8.42 Å². The zero-order valence-corrected chi connectivity index (χ0v) is 13.1. The van der Waals surface area contributed by atoms with E-state index in [0.29, 0.717) is 5.69 Å². The van der Waals surface area contributed by atoms with Gasteiger partial charge in [-0.2, -0.15) is 4.68 Å². The number of aromatic hydroxyl groups is 1. The van der Waals surface area contributed by atoms with Crippen molar-refractivity contribution in [3.8, 4) is 11.4 Å². The van der Waals surface area contributed by atoms with Gasteiger partial charge in [0.1, 0.15) is 11.0 Å². The fraction of sp³-hybridized carbons (Fsp3) is 0.133. The second kappa shape index (κ2) is 5.81. The van der Waals surface area contributed by atoms with Crippen LogP contribution < -0.4 is 0 Å². The van der Waals surface area contributed by atoms with Crippen molar-refractivity contribution < 1.29 is 13.5 Å². The lowest BCUT2D eigenvalue weighted by atomic mass is 10.3. The molecule has 8 heteroatoms. The Morgan fingerprint density at radius 2 is 1.83 bits per heavy atom. The first-order valence-corrected chi connectivity index (χ1v) is 8.41. The first kappa shape index (κ1) is 15.2. The number of nitrogens with zero attached hydrogens (tertiary/aromatic N) is 4. The molecule has 0 aliphatic carbocycles. The molecule has 0 aliphatic heterocycles. The van der Waals surface area contributed by atoms with E-state index in [4.69, 9.17) is 0 Å². The van der Waals surface area contributed by atoms with Crippen LogP contribution in [-0.2, 0) is 9.84 Å². The normalized spacial score (nSPS) is 12.9. The minimum atomic E-state index is -3.74. The van der Waals surface area contributed by atoms with Crippen LogP contribution in [-0.4, -0.2) is 33.7 Å². The molecule has 1 heterocycles. The van der Waals surface area contributed by atoms with Gasteiger partial charge in [0.15, 0.2) is 15.7 Å². The third-order valence-corrected chi connectivity index (χ3v) is 5.52. The number of sulfone groups is 1. The zero-order chi connectivity index (χ0) is 16.4. The minimum absolute atomic E-state index is 0.0209. The summed E-state index contributed by atoms with van der Waals surface area (Å²) < 4.78 is 26.9. The van der Waals surface area contributed by atoms with Gasteiger partial charge in [0.05, 0.1) is 10.6 Å². The Bertz CT molecular complexity index is 923. The van der Waals surface area contributed by atoms with Crippen molar-refractivity contribution in [3.63, 3.8) is 0 Å². The number of phenolic OH excluding ortho intramolecular Hbond substituents is 1. The molecule has 1 aromatic heterocycles. The Morgan fingerprint density at radius 3 is 2.52 bits per heavy atom. The maximum atomic E-state index is 12.7. The Kier molecular flexibility index (Phi) is 3.83. The van der Waals surface area contributed by atoms with Gasteiger partial charge in [-0.1, -0.05) is 24.3 Å². The first-order valence-electron chi connectivity index (χ1n) is 6.87. The molecule has 0 amide bonds. The van der Waals surface area contributed by atoms with Crippen molar-refractivity contribution in [2.45, 2.75) is 17.1 Å². The molecule has 0 bridgehead atoms. The molecule has 3 aromatic rings. The van der Waals surface area contributed by atoms with E-state index in [-0.39, 0.29) is 16.5 Å². The van der Waals surface area contributed by atoms with E-state index in [2.05, 4.69) is 15.5 Å². The van der Waals surface area contributed by atoms with Gasteiger partial charge in [-0.05, 0) is 47.7 Å². The quantitative estimate of drug-likeness (QED) is 0.784. The van der Waals surface area contributed by atoms with E-state index < -0.39 is 15.1 Å². The molecule has 0 unspecified atom stereocenters. The highest BCUT2D eigenvalue weighted by molar-refractivity contribution is 7.91. The average Bonchev–Trinajstić information content (AvgIpc) is 3.04. The summed E-state index contributed by atoms with van der Waals surface area (Å²) in [5, 5.41) is 19.9. The highest BCUT2D eigenvalue weighted by Gasteiger charge is 2.30. The lowest BCUT2D eigenvalue weighted by Gasteiger charge is -2.13. The molecule has 0 aliphatic rings. The predicted octanol–water partition coefficient (Wildman–Crippen LogP) is 1.90. The molecule has 0 saturated heterocycles. The van der Waals surface area contributed by atoms with Crippen LogP contribution in [0.2, 0.25) is 0 Å². The minimum Gasteiger partial charge on any atom is -0.508 e. The fourth-order valence-electron chi connectivity index (χ4n) is 2.20. The summed E-state index contributed by atoms with van der Waals surface area (Å²) in [6.07, 6.45) is 0. The van der Waals surface area contributed by atoms with Gasteiger partial charge in [0.25, 0.3) is 0 Å². The van der Waals surface area contributed by atoms with Crippen LogP contribution in [0.4, 0.5) is 0 Å². The number of aromatic nitrogens is 4. The van der Waals surface area contributed by atoms with Crippen LogP contribution in [0.3, 0.4) is 0 Å². The van der Waals surface area contributed by atoms with E-state index in [1.807, 2.05) is 18.2 Å². The largest absolute Gasteiger partial charge is 0.508 e. The average molecular weight is 330 g/mol. The lowest BCUT2D eigenvalue weighted by molar-refractivity contribution is 0.473. The smallest absolute Gasteiger partial charge is 0.188 e. The van der Waals surface area contributed by atoms with Gasteiger partial charge < -0.3 is 5.11 Å². The maximum Gasteiger partial charge on any atom is 0.188 e. The van der Waals surface area contributed by atoms with Gasteiger partial charge in [-0.3, -0.25) is 0 Å². The molecular weight excluding hydrogens is 316 g/mol. The van der Waals surface area contributed by atoms with Gasteiger partial charge in [-0.15, -0.1) is 5.10 Å². The van der Waals surface area contributed by atoms with Crippen LogP contribution in [0.15, 0.2) is 59.5 Å². The number of para-hydroxylation sites is 1. The summed E-state index contributed by atoms with van der Waals surface area (Å²) in [5.74, 6) is 0.0977. The Morgan fingerprint density at radius 1 is 1.09 bits per heavy atom. The summed E-state index contributed by atoms with van der Waals surface area (Å²) in [7, 11) is -3.74. The molecule has 2 aromatic carbocycles. The zero-order valence-electron chi connectivity index (χ0n) is 12.2. The fourth-order valence-corrected chi connectivity index (χ4v) is 3.59. The number of hydrogen-bond donors (Lipinski definition) is 1. The Labute approximate surface area is 133 Å². The summed E-state index contributed by atoms with van der Waals surface area (Å²) in [6.45, 7) is 1.52. The molecule has 1 atom stereocenters. The molecule has 0 spiro atoms. The van der Waals surface area contributed by atoms with Gasteiger partial charge >= 0.3 is 0 Å².